The molecule has 3 N–H and O–H groups in total. The van der Waals surface area contributed by atoms with E-state index in [9.17, 15) is 4.55 Å². The predicted octanol–water partition coefficient (Wildman–Crippen LogP) is 3.69. The quantitative estimate of drug-likeness (QED) is 0.308. The van der Waals surface area contributed by atoms with Crippen molar-refractivity contribution in [3.05, 3.63) is 29.7 Å². The van der Waals surface area contributed by atoms with Crippen molar-refractivity contribution in [1.29, 1.82) is 0 Å². The third kappa shape index (κ3) is 3.73. The Morgan fingerprint density at radius 1 is 1.39 bits per heavy atom. The Hall–Kier alpha value is -2.40. The lowest BCUT2D eigenvalue weighted by Crippen LogP contribution is -2.11. The lowest BCUT2D eigenvalue weighted by atomic mass is 10.1. The number of nitrogens with two attached hydrogens (primary N) is 1. The molecule has 0 aromatic carbocycles. The summed E-state index contributed by atoms with van der Waals surface area (Å²) >= 11 is 0.258. The molecule has 0 bridgehead atoms. The largest absolute Gasteiger partial charge is 0.610 e. The molecule has 1 atom stereocenters. The second kappa shape index (κ2) is 8.27. The van der Waals surface area contributed by atoms with Crippen molar-refractivity contribution in [2.75, 3.05) is 25.2 Å². The second-order valence-corrected chi connectivity index (χ2v) is 10.1. The van der Waals surface area contributed by atoms with Gasteiger partial charge in [-0.05, 0) is 18.9 Å². The molecule has 4 aromatic rings. The summed E-state index contributed by atoms with van der Waals surface area (Å²) in [6.07, 6.45) is 6.71. The summed E-state index contributed by atoms with van der Waals surface area (Å²) in [5, 5.41) is 4.04. The van der Waals surface area contributed by atoms with Crippen molar-refractivity contribution in [3.8, 4) is 22.0 Å². The van der Waals surface area contributed by atoms with Crippen LogP contribution in [0.25, 0.3) is 33.0 Å². The molecule has 5 rings (SSSR count). The van der Waals surface area contributed by atoms with Gasteiger partial charge < -0.3 is 19.6 Å². The average molecular weight is 457 g/mol. The van der Waals surface area contributed by atoms with Crippen LogP contribution < -0.4 is 5.73 Å². The highest BCUT2D eigenvalue weighted by molar-refractivity contribution is 7.91. The van der Waals surface area contributed by atoms with Crippen LogP contribution in [0, 0.1) is 0 Å². The standard InChI is InChI=1S/C21H24N6O2S2/c1-27-15(11-24-19(27)12-4-5-12)13-10-14(20-23-6-8-30-20)25-18-16(13)17(22)21(26-18)31(28)9-3-7-29-2/h6,8,10-12H,3-5,7,9,22H2,1-2H3,(H,25,26). The summed E-state index contributed by atoms with van der Waals surface area (Å²) in [7, 11) is 3.68. The molecule has 0 spiro atoms. The molecule has 4 heterocycles. The molecule has 0 radical (unpaired) electrons. The van der Waals surface area contributed by atoms with Gasteiger partial charge in [0.15, 0.2) is 0 Å². The molecule has 1 aliphatic rings. The van der Waals surface area contributed by atoms with Gasteiger partial charge in [-0.15, -0.1) is 11.3 Å². The number of nitrogen functional groups attached to an aromatic ring is 1. The number of nitrogens with one attached hydrogen (secondary N) is 1. The highest BCUT2D eigenvalue weighted by Crippen LogP contribution is 2.43. The summed E-state index contributed by atoms with van der Waals surface area (Å²) in [6, 6.07) is 2.01. The first-order valence-electron chi connectivity index (χ1n) is 10.2. The Morgan fingerprint density at radius 2 is 2.23 bits per heavy atom. The van der Waals surface area contributed by atoms with E-state index >= 15 is 0 Å². The minimum absolute atomic E-state index is 0.469. The number of H-pyrrole nitrogens is 1. The number of imidazole rings is 1. The smallest absolute Gasteiger partial charge is 0.248 e. The van der Waals surface area contributed by atoms with Crippen LogP contribution in [0.15, 0.2) is 28.9 Å². The van der Waals surface area contributed by atoms with Gasteiger partial charge in [-0.3, -0.25) is 4.98 Å². The van der Waals surface area contributed by atoms with Gasteiger partial charge in [0.25, 0.3) is 0 Å². The molecule has 1 aliphatic carbocycles. The van der Waals surface area contributed by atoms with E-state index in [1.165, 1.54) is 24.2 Å². The van der Waals surface area contributed by atoms with E-state index in [0.29, 0.717) is 41.1 Å². The number of aromatic amines is 1. The van der Waals surface area contributed by atoms with E-state index in [2.05, 4.69) is 19.5 Å². The molecule has 1 unspecified atom stereocenters. The number of pyridine rings is 1. The predicted molar refractivity (Wildman–Crippen MR) is 124 cm³/mol. The normalized spacial score (nSPS) is 15.1. The van der Waals surface area contributed by atoms with Crippen molar-refractivity contribution < 1.29 is 9.29 Å². The number of fused-ring (bicyclic) bond motifs is 1. The SMILES string of the molecule is COCCC[S+]([O-])c1[nH]c2nc(-c3nccs3)cc(-c3cnc(C4CC4)n3C)c2c1N. The highest BCUT2D eigenvalue weighted by Gasteiger charge is 2.30. The fraction of sp³-hybridized carbons (Fsp3) is 0.381. The van der Waals surface area contributed by atoms with Crippen LogP contribution in [0.3, 0.4) is 0 Å². The van der Waals surface area contributed by atoms with E-state index in [-0.39, 0.29) is 0 Å². The summed E-state index contributed by atoms with van der Waals surface area (Å²) < 4.78 is 20.2. The minimum atomic E-state index is -1.27. The van der Waals surface area contributed by atoms with Crippen molar-refractivity contribution in [2.45, 2.75) is 30.2 Å². The molecule has 162 valence electrons. The zero-order chi connectivity index (χ0) is 21.5. The number of rotatable bonds is 8. The number of hydrogen-bond donors (Lipinski definition) is 2. The maximum absolute atomic E-state index is 12.9. The summed E-state index contributed by atoms with van der Waals surface area (Å²) in [4.78, 5) is 17.1. The van der Waals surface area contributed by atoms with Crippen LogP contribution in [0.1, 0.15) is 31.0 Å². The van der Waals surface area contributed by atoms with Crippen molar-refractivity contribution in [3.63, 3.8) is 0 Å². The Morgan fingerprint density at radius 3 is 2.94 bits per heavy atom. The summed E-state index contributed by atoms with van der Waals surface area (Å²) in [6.45, 7) is 0.558. The monoisotopic (exact) mass is 456 g/mol. The van der Waals surface area contributed by atoms with Crippen LogP contribution in [0.4, 0.5) is 5.69 Å². The molecule has 10 heteroatoms. The number of thiazole rings is 1. The molecule has 0 saturated heterocycles. The topological polar surface area (TPSA) is 118 Å². The van der Waals surface area contributed by atoms with Crippen molar-refractivity contribution in [2.24, 2.45) is 7.05 Å². The number of ether oxygens (including phenoxy) is 1. The molecular weight excluding hydrogens is 432 g/mol. The van der Waals surface area contributed by atoms with Crippen LogP contribution in [-0.2, 0) is 23.0 Å². The molecule has 1 fully saturated rings. The lowest BCUT2D eigenvalue weighted by molar-refractivity contribution is 0.199. The number of aromatic nitrogens is 5. The maximum atomic E-state index is 12.9. The van der Waals surface area contributed by atoms with E-state index in [4.69, 9.17) is 15.5 Å². The van der Waals surface area contributed by atoms with E-state index in [1.807, 2.05) is 24.7 Å². The molecule has 0 aliphatic heterocycles. The number of nitrogens with zero attached hydrogens (tertiary/aromatic N) is 4. The molecule has 31 heavy (non-hydrogen) atoms. The lowest BCUT2D eigenvalue weighted by Gasteiger charge is -2.10. The molecular formula is C21H24N6O2S2. The fourth-order valence-electron chi connectivity index (χ4n) is 3.87. The van der Waals surface area contributed by atoms with Crippen molar-refractivity contribution >= 4 is 39.2 Å². The van der Waals surface area contributed by atoms with Crippen LogP contribution in [-0.4, -0.2) is 48.5 Å². The first-order chi connectivity index (χ1) is 15.1. The van der Waals surface area contributed by atoms with Crippen molar-refractivity contribution in [1.82, 2.24) is 24.5 Å². The van der Waals surface area contributed by atoms with Gasteiger partial charge in [-0.2, -0.15) is 0 Å². The average Bonchev–Trinajstić information content (AvgIpc) is 3.17. The van der Waals surface area contributed by atoms with Gasteiger partial charge in [0.05, 0.1) is 23.9 Å². The summed E-state index contributed by atoms with van der Waals surface area (Å²) in [5.74, 6) is 2.09. The van der Waals surface area contributed by atoms with Gasteiger partial charge in [0, 0.05) is 54.8 Å². The molecule has 4 aromatic heterocycles. The molecule has 8 nitrogen and oxygen atoms in total. The molecule has 1 saturated carbocycles. The Balaban J connectivity index is 1.66. The van der Waals surface area contributed by atoms with Gasteiger partial charge >= 0.3 is 0 Å². The summed E-state index contributed by atoms with van der Waals surface area (Å²) in [5.41, 5.74) is 10.3. The first-order valence-corrected chi connectivity index (χ1v) is 12.4. The van der Waals surface area contributed by atoms with Crippen LogP contribution in [0.2, 0.25) is 0 Å². The van der Waals surface area contributed by atoms with Crippen LogP contribution in [0.5, 0.6) is 0 Å². The van der Waals surface area contributed by atoms with E-state index in [0.717, 1.165) is 33.2 Å². The van der Waals surface area contributed by atoms with Gasteiger partial charge in [-0.25, -0.2) is 15.0 Å². The number of hydrogen-bond acceptors (Lipinski definition) is 7. The van der Waals surface area contributed by atoms with Gasteiger partial charge in [0.1, 0.15) is 33.6 Å². The fourth-order valence-corrected chi connectivity index (χ4v) is 5.61. The molecule has 0 amide bonds. The number of methoxy groups -OCH3 is 1. The Bertz CT molecular complexity index is 1210. The Kier molecular flexibility index (Phi) is 5.47. The number of anilines is 1. The second-order valence-electron chi connectivity index (χ2n) is 7.71. The Labute approximate surface area is 187 Å². The van der Waals surface area contributed by atoms with Gasteiger partial charge in [-0.1, -0.05) is 0 Å². The maximum Gasteiger partial charge on any atom is 0.248 e. The van der Waals surface area contributed by atoms with Crippen LogP contribution >= 0.6 is 11.3 Å². The third-order valence-electron chi connectivity index (χ3n) is 5.57. The first kappa shape index (κ1) is 20.5. The van der Waals surface area contributed by atoms with Gasteiger partial charge in [0.2, 0.25) is 5.03 Å². The highest BCUT2D eigenvalue weighted by atomic mass is 32.2. The van der Waals surface area contributed by atoms with E-state index in [1.54, 1.807) is 13.3 Å². The zero-order valence-corrected chi connectivity index (χ0v) is 19.1. The minimum Gasteiger partial charge on any atom is -0.610 e. The van der Waals surface area contributed by atoms with E-state index < -0.39 is 11.2 Å². The zero-order valence-electron chi connectivity index (χ0n) is 17.4. The third-order valence-corrected chi connectivity index (χ3v) is 7.80.